The summed E-state index contributed by atoms with van der Waals surface area (Å²) >= 11 is 3.28. The third-order valence-corrected chi connectivity index (χ3v) is 3.53. The Morgan fingerprint density at radius 3 is 2.75 bits per heavy atom. The monoisotopic (exact) mass is 335 g/mol. The van der Waals surface area contributed by atoms with Crippen LogP contribution in [0.1, 0.15) is 17.5 Å². The summed E-state index contributed by atoms with van der Waals surface area (Å²) < 4.78 is 14.3. The molecule has 0 saturated carbocycles. The molecule has 0 bridgehead atoms. The van der Waals surface area contributed by atoms with E-state index in [-0.39, 0.29) is 18.0 Å². The van der Waals surface area contributed by atoms with Crippen molar-refractivity contribution in [3.8, 4) is 0 Å². The Labute approximate surface area is 125 Å². The minimum Gasteiger partial charge on any atom is -0.399 e. The van der Waals surface area contributed by atoms with Crippen LogP contribution in [0.5, 0.6) is 0 Å². The van der Waals surface area contributed by atoms with Crippen molar-refractivity contribution in [1.82, 2.24) is 0 Å². The molecule has 0 fully saturated rings. The van der Waals surface area contributed by atoms with Crippen LogP contribution < -0.4 is 5.73 Å². The fourth-order valence-corrected chi connectivity index (χ4v) is 2.42. The zero-order valence-electron chi connectivity index (χ0n) is 10.9. The van der Waals surface area contributed by atoms with Crippen molar-refractivity contribution < 1.29 is 9.18 Å². The summed E-state index contributed by atoms with van der Waals surface area (Å²) in [4.78, 5) is 11.9. The lowest BCUT2D eigenvalue weighted by molar-refractivity contribution is -0.118. The molecule has 0 spiro atoms. The highest BCUT2D eigenvalue weighted by atomic mass is 79.9. The highest BCUT2D eigenvalue weighted by Crippen LogP contribution is 2.17. The van der Waals surface area contributed by atoms with Crippen molar-refractivity contribution in [3.05, 3.63) is 63.9 Å². The Morgan fingerprint density at radius 1 is 1.20 bits per heavy atom. The highest BCUT2D eigenvalue weighted by molar-refractivity contribution is 9.10. The first kappa shape index (κ1) is 14.7. The molecule has 0 unspecified atom stereocenters. The number of hydrogen-bond acceptors (Lipinski definition) is 2. The van der Waals surface area contributed by atoms with Gasteiger partial charge >= 0.3 is 0 Å². The fraction of sp³-hybridized carbons (Fsp3) is 0.188. The van der Waals surface area contributed by atoms with Gasteiger partial charge in [-0.2, -0.15) is 0 Å². The number of anilines is 1. The second kappa shape index (κ2) is 6.66. The third-order valence-electron chi connectivity index (χ3n) is 3.04. The van der Waals surface area contributed by atoms with Crippen molar-refractivity contribution in [2.24, 2.45) is 0 Å². The SMILES string of the molecule is Nc1cccc(CCC(=O)Cc2cc(Br)ccc2F)c1. The molecule has 20 heavy (non-hydrogen) atoms. The summed E-state index contributed by atoms with van der Waals surface area (Å²) in [6.07, 6.45) is 1.13. The average Bonchev–Trinajstić information content (AvgIpc) is 2.41. The number of ketones is 1. The van der Waals surface area contributed by atoms with Gasteiger partial charge in [-0.15, -0.1) is 0 Å². The van der Waals surface area contributed by atoms with Crippen molar-refractivity contribution in [2.45, 2.75) is 19.3 Å². The number of carbonyl (C=O) groups excluding carboxylic acids is 1. The minimum absolute atomic E-state index is 0.0180. The quantitative estimate of drug-likeness (QED) is 0.841. The molecule has 0 aliphatic heterocycles. The number of halogens is 2. The van der Waals surface area contributed by atoms with E-state index in [0.717, 1.165) is 10.0 Å². The number of nitrogen functional groups attached to an aromatic ring is 1. The van der Waals surface area contributed by atoms with E-state index in [0.29, 0.717) is 24.1 Å². The van der Waals surface area contributed by atoms with Crippen LogP contribution in [0.15, 0.2) is 46.9 Å². The van der Waals surface area contributed by atoms with Crippen LogP contribution in [0.3, 0.4) is 0 Å². The van der Waals surface area contributed by atoms with Gasteiger partial charge in [-0.3, -0.25) is 4.79 Å². The van der Waals surface area contributed by atoms with Gasteiger partial charge in [-0.1, -0.05) is 28.1 Å². The van der Waals surface area contributed by atoms with E-state index in [2.05, 4.69) is 15.9 Å². The molecule has 0 saturated heterocycles. The smallest absolute Gasteiger partial charge is 0.137 e. The molecule has 0 aromatic heterocycles. The summed E-state index contributed by atoms with van der Waals surface area (Å²) in [7, 11) is 0. The van der Waals surface area contributed by atoms with Gasteiger partial charge in [0.2, 0.25) is 0 Å². The van der Waals surface area contributed by atoms with Crippen LogP contribution in [0.4, 0.5) is 10.1 Å². The van der Waals surface area contributed by atoms with Crippen LogP contribution >= 0.6 is 15.9 Å². The van der Waals surface area contributed by atoms with E-state index in [4.69, 9.17) is 5.73 Å². The molecule has 0 atom stereocenters. The molecule has 0 aliphatic carbocycles. The van der Waals surface area contributed by atoms with E-state index in [1.54, 1.807) is 12.1 Å². The average molecular weight is 336 g/mol. The first-order valence-corrected chi connectivity index (χ1v) is 7.14. The number of aryl methyl sites for hydroxylation is 1. The summed E-state index contributed by atoms with van der Waals surface area (Å²) in [5.41, 5.74) is 7.82. The topological polar surface area (TPSA) is 43.1 Å². The zero-order valence-corrected chi connectivity index (χ0v) is 12.5. The number of carbonyl (C=O) groups is 1. The third kappa shape index (κ3) is 4.17. The van der Waals surface area contributed by atoms with Crippen LogP contribution in [0.2, 0.25) is 0 Å². The number of benzene rings is 2. The van der Waals surface area contributed by atoms with Crippen LogP contribution in [-0.4, -0.2) is 5.78 Å². The maximum atomic E-state index is 13.6. The van der Waals surface area contributed by atoms with Crippen molar-refractivity contribution >= 4 is 27.4 Å². The number of nitrogens with two attached hydrogens (primary N) is 1. The number of hydrogen-bond donors (Lipinski definition) is 1. The Hall–Kier alpha value is -1.68. The molecule has 2 aromatic rings. The molecule has 4 heteroatoms. The normalized spacial score (nSPS) is 10.5. The van der Waals surface area contributed by atoms with Gasteiger partial charge in [0.25, 0.3) is 0 Å². The van der Waals surface area contributed by atoms with Crippen LogP contribution in [-0.2, 0) is 17.6 Å². The predicted molar refractivity (Wildman–Crippen MR) is 82.0 cm³/mol. The first-order chi connectivity index (χ1) is 9.54. The van der Waals surface area contributed by atoms with Gasteiger partial charge in [-0.25, -0.2) is 4.39 Å². The highest BCUT2D eigenvalue weighted by Gasteiger charge is 2.09. The van der Waals surface area contributed by atoms with Crippen LogP contribution in [0.25, 0.3) is 0 Å². The van der Waals surface area contributed by atoms with Gasteiger partial charge in [0, 0.05) is 23.0 Å². The molecule has 0 radical (unpaired) electrons. The lowest BCUT2D eigenvalue weighted by Crippen LogP contribution is -2.06. The van der Waals surface area contributed by atoms with Crippen molar-refractivity contribution in [1.29, 1.82) is 0 Å². The molecule has 104 valence electrons. The van der Waals surface area contributed by atoms with E-state index in [1.165, 1.54) is 6.07 Å². The summed E-state index contributed by atoms with van der Waals surface area (Å²) in [5.74, 6) is -0.324. The van der Waals surface area contributed by atoms with Gasteiger partial charge < -0.3 is 5.73 Å². The standard InChI is InChI=1S/C16H15BrFNO/c17-13-5-7-16(18)12(9-13)10-15(20)6-4-11-2-1-3-14(19)8-11/h1-3,5,7-9H,4,6,10,19H2. The fourth-order valence-electron chi connectivity index (χ4n) is 2.01. The molecule has 0 heterocycles. The molecular weight excluding hydrogens is 321 g/mol. The molecule has 0 aliphatic rings. The molecule has 2 nitrogen and oxygen atoms in total. The summed E-state index contributed by atoms with van der Waals surface area (Å²) in [6.45, 7) is 0. The maximum Gasteiger partial charge on any atom is 0.137 e. The number of rotatable bonds is 5. The second-order valence-corrected chi connectivity index (χ2v) is 5.61. The summed E-state index contributed by atoms with van der Waals surface area (Å²) in [5, 5.41) is 0. The first-order valence-electron chi connectivity index (χ1n) is 6.34. The zero-order chi connectivity index (χ0) is 14.5. The van der Waals surface area contributed by atoms with Gasteiger partial charge in [0.05, 0.1) is 0 Å². The Kier molecular flexibility index (Phi) is 4.90. The van der Waals surface area contributed by atoms with Crippen LogP contribution in [0, 0.1) is 5.82 Å². The molecule has 2 rings (SSSR count). The molecule has 2 aromatic carbocycles. The van der Waals surface area contributed by atoms with E-state index in [1.807, 2.05) is 24.3 Å². The van der Waals surface area contributed by atoms with Crippen molar-refractivity contribution in [3.63, 3.8) is 0 Å². The Balaban J connectivity index is 1.94. The lowest BCUT2D eigenvalue weighted by atomic mass is 10.0. The maximum absolute atomic E-state index is 13.6. The minimum atomic E-state index is -0.342. The lowest BCUT2D eigenvalue weighted by Gasteiger charge is -2.05. The second-order valence-electron chi connectivity index (χ2n) is 4.70. The Morgan fingerprint density at radius 2 is 2.00 bits per heavy atom. The van der Waals surface area contributed by atoms with E-state index in [9.17, 15) is 9.18 Å². The van der Waals surface area contributed by atoms with E-state index < -0.39 is 0 Å². The van der Waals surface area contributed by atoms with Gasteiger partial charge in [0.1, 0.15) is 11.6 Å². The van der Waals surface area contributed by atoms with Gasteiger partial charge in [0.15, 0.2) is 0 Å². The predicted octanol–water partition coefficient (Wildman–Crippen LogP) is 3.91. The Bertz CT molecular complexity index is 628. The number of Topliss-reactive ketones (excluding diaryl/α,β-unsaturated/α-hetero) is 1. The largest absolute Gasteiger partial charge is 0.399 e. The molecular formula is C16H15BrFNO. The molecule has 2 N–H and O–H groups in total. The van der Waals surface area contributed by atoms with Crippen molar-refractivity contribution in [2.75, 3.05) is 5.73 Å². The van der Waals surface area contributed by atoms with E-state index >= 15 is 0 Å². The van der Waals surface area contributed by atoms with Gasteiger partial charge in [-0.05, 0) is 47.9 Å². The summed E-state index contributed by atoms with van der Waals surface area (Å²) in [6, 6.07) is 12.1. The molecule has 0 amide bonds.